The molecule has 0 saturated carbocycles. The number of aromatic nitrogens is 1. The molecule has 0 aliphatic rings. The summed E-state index contributed by atoms with van der Waals surface area (Å²) in [5, 5.41) is 9.81. The Morgan fingerprint density at radius 2 is 2.18 bits per heavy atom. The molecule has 0 aliphatic carbocycles. The summed E-state index contributed by atoms with van der Waals surface area (Å²) >= 11 is 0. The fourth-order valence-corrected chi connectivity index (χ4v) is 1.86. The topological polar surface area (TPSA) is 45.0 Å². The van der Waals surface area contributed by atoms with Crippen LogP contribution < -0.4 is 0 Å². The van der Waals surface area contributed by atoms with E-state index in [0.29, 0.717) is 6.54 Å². The van der Waals surface area contributed by atoms with Crippen LogP contribution in [0.3, 0.4) is 0 Å². The second-order valence-electron chi connectivity index (χ2n) is 4.18. The Morgan fingerprint density at radius 1 is 1.41 bits per heavy atom. The summed E-state index contributed by atoms with van der Waals surface area (Å²) in [6, 6.07) is 5.45. The molecular weight excluding hydrogens is 216 g/mol. The predicted octanol–water partition coefficient (Wildman–Crippen LogP) is 1.67. The van der Waals surface area contributed by atoms with Crippen LogP contribution in [-0.4, -0.2) is 33.9 Å². The minimum absolute atomic E-state index is 0.0535. The smallest absolute Gasteiger partial charge is 0.219 e. The van der Waals surface area contributed by atoms with Crippen molar-refractivity contribution in [3.8, 4) is 5.75 Å². The van der Waals surface area contributed by atoms with Gasteiger partial charge in [-0.3, -0.25) is 4.79 Å². The quantitative estimate of drug-likeness (QED) is 0.874. The zero-order valence-corrected chi connectivity index (χ0v) is 10.1. The van der Waals surface area contributed by atoms with Crippen LogP contribution in [-0.2, 0) is 11.2 Å². The number of rotatable bonds is 3. The lowest BCUT2D eigenvalue weighted by molar-refractivity contribution is -0.127. The summed E-state index contributed by atoms with van der Waals surface area (Å²) in [4.78, 5) is 12.8. The van der Waals surface area contributed by atoms with Gasteiger partial charge in [0.15, 0.2) is 0 Å². The molecule has 4 nitrogen and oxygen atoms in total. The normalized spacial score (nSPS) is 10.7. The maximum Gasteiger partial charge on any atom is 0.219 e. The molecule has 2 aromatic rings. The Balaban J connectivity index is 2.22. The summed E-state index contributed by atoms with van der Waals surface area (Å²) in [6.07, 6.45) is 4.55. The van der Waals surface area contributed by atoms with Crippen LogP contribution in [0.5, 0.6) is 5.75 Å². The first-order chi connectivity index (χ1) is 8.09. The van der Waals surface area contributed by atoms with E-state index < -0.39 is 0 Å². The molecule has 2 aromatic heterocycles. The molecule has 0 spiro atoms. The fourth-order valence-electron chi connectivity index (χ4n) is 1.86. The minimum atomic E-state index is 0.0535. The molecule has 0 aliphatic heterocycles. The van der Waals surface area contributed by atoms with Crippen molar-refractivity contribution >= 4 is 11.4 Å². The third kappa shape index (κ3) is 2.25. The van der Waals surface area contributed by atoms with Crippen LogP contribution >= 0.6 is 0 Å². The van der Waals surface area contributed by atoms with Crippen molar-refractivity contribution in [2.75, 3.05) is 13.6 Å². The molecule has 0 atom stereocenters. The lowest BCUT2D eigenvalue weighted by atomic mass is 10.2. The highest BCUT2D eigenvalue weighted by molar-refractivity contribution is 5.73. The van der Waals surface area contributed by atoms with Crippen molar-refractivity contribution in [3.63, 3.8) is 0 Å². The summed E-state index contributed by atoms with van der Waals surface area (Å²) in [5.41, 5.74) is 1.88. The van der Waals surface area contributed by atoms with Crippen molar-refractivity contribution < 1.29 is 9.90 Å². The van der Waals surface area contributed by atoms with Gasteiger partial charge in [-0.25, -0.2) is 0 Å². The molecule has 2 rings (SSSR count). The number of nitrogens with zero attached hydrogens (tertiary/aromatic N) is 2. The molecule has 2 heterocycles. The van der Waals surface area contributed by atoms with Crippen LogP contribution in [0.4, 0.5) is 0 Å². The van der Waals surface area contributed by atoms with E-state index in [4.69, 9.17) is 0 Å². The lowest BCUT2D eigenvalue weighted by Crippen LogP contribution is -2.26. The largest absolute Gasteiger partial charge is 0.506 e. The van der Waals surface area contributed by atoms with Gasteiger partial charge in [0.05, 0.1) is 5.52 Å². The monoisotopic (exact) mass is 232 g/mol. The average Bonchev–Trinajstić information content (AvgIpc) is 2.70. The van der Waals surface area contributed by atoms with Gasteiger partial charge in [-0.2, -0.15) is 0 Å². The lowest BCUT2D eigenvalue weighted by Gasteiger charge is -2.14. The Bertz CT molecular complexity index is 545. The van der Waals surface area contributed by atoms with E-state index in [1.165, 1.54) is 0 Å². The highest BCUT2D eigenvalue weighted by Crippen LogP contribution is 2.23. The van der Waals surface area contributed by atoms with E-state index in [1.54, 1.807) is 31.0 Å². The summed E-state index contributed by atoms with van der Waals surface area (Å²) < 4.78 is 1.89. The van der Waals surface area contributed by atoms with E-state index in [1.807, 2.05) is 22.9 Å². The molecule has 0 radical (unpaired) electrons. The van der Waals surface area contributed by atoms with E-state index in [-0.39, 0.29) is 11.7 Å². The standard InChI is InChI=1S/C13H16N2O2/c1-10(16)14(2)8-5-11-6-9-15-7-3-4-12(17)13(11)15/h3-4,6-7,9,17H,5,8H2,1-2H3. The fraction of sp³-hybridized carbons (Fsp3) is 0.308. The van der Waals surface area contributed by atoms with Gasteiger partial charge in [-0.15, -0.1) is 0 Å². The van der Waals surface area contributed by atoms with Gasteiger partial charge in [-0.05, 0) is 30.2 Å². The number of hydrogen-bond donors (Lipinski definition) is 1. The Morgan fingerprint density at radius 3 is 2.88 bits per heavy atom. The van der Waals surface area contributed by atoms with Gasteiger partial charge in [0.2, 0.25) is 5.91 Å². The van der Waals surface area contributed by atoms with Gasteiger partial charge in [0, 0.05) is 32.9 Å². The van der Waals surface area contributed by atoms with Gasteiger partial charge in [0.1, 0.15) is 5.75 Å². The van der Waals surface area contributed by atoms with Crippen molar-refractivity contribution in [1.82, 2.24) is 9.30 Å². The van der Waals surface area contributed by atoms with Gasteiger partial charge >= 0.3 is 0 Å². The Labute approximate surface area is 100 Å². The van der Waals surface area contributed by atoms with E-state index in [2.05, 4.69) is 0 Å². The summed E-state index contributed by atoms with van der Waals surface area (Å²) in [6.45, 7) is 2.21. The van der Waals surface area contributed by atoms with Crippen molar-refractivity contribution in [1.29, 1.82) is 0 Å². The third-order valence-electron chi connectivity index (χ3n) is 3.00. The van der Waals surface area contributed by atoms with Crippen LogP contribution in [0.2, 0.25) is 0 Å². The molecule has 0 aromatic carbocycles. The molecule has 0 saturated heterocycles. The molecule has 0 bridgehead atoms. The highest BCUT2D eigenvalue weighted by Gasteiger charge is 2.08. The predicted molar refractivity (Wildman–Crippen MR) is 66.1 cm³/mol. The number of pyridine rings is 1. The summed E-state index contributed by atoms with van der Waals surface area (Å²) in [5.74, 6) is 0.329. The zero-order chi connectivity index (χ0) is 12.4. The molecular formula is C13H16N2O2. The Kier molecular flexibility index (Phi) is 3.04. The van der Waals surface area contributed by atoms with Crippen LogP contribution in [0.1, 0.15) is 12.5 Å². The first kappa shape index (κ1) is 11.5. The van der Waals surface area contributed by atoms with E-state index in [0.717, 1.165) is 17.5 Å². The van der Waals surface area contributed by atoms with Gasteiger partial charge in [-0.1, -0.05) is 0 Å². The van der Waals surface area contributed by atoms with Crippen molar-refractivity contribution in [3.05, 3.63) is 36.2 Å². The number of fused-ring (bicyclic) bond motifs is 1. The summed E-state index contributed by atoms with van der Waals surface area (Å²) in [7, 11) is 1.78. The maximum atomic E-state index is 11.1. The van der Waals surface area contributed by atoms with E-state index >= 15 is 0 Å². The second kappa shape index (κ2) is 4.49. The number of aromatic hydroxyl groups is 1. The Hall–Kier alpha value is -1.97. The number of likely N-dealkylation sites (N-methyl/N-ethyl adjacent to an activating group) is 1. The van der Waals surface area contributed by atoms with Crippen LogP contribution in [0.15, 0.2) is 30.6 Å². The van der Waals surface area contributed by atoms with Crippen LogP contribution in [0.25, 0.3) is 5.52 Å². The minimum Gasteiger partial charge on any atom is -0.506 e. The molecule has 0 unspecified atom stereocenters. The average molecular weight is 232 g/mol. The van der Waals surface area contributed by atoms with Gasteiger partial charge < -0.3 is 14.4 Å². The number of carbonyl (C=O) groups is 1. The first-order valence-corrected chi connectivity index (χ1v) is 5.59. The molecule has 90 valence electrons. The van der Waals surface area contributed by atoms with Crippen LogP contribution in [0, 0.1) is 0 Å². The third-order valence-corrected chi connectivity index (χ3v) is 3.00. The number of carbonyl (C=O) groups excluding carboxylic acids is 1. The van der Waals surface area contributed by atoms with Crippen molar-refractivity contribution in [2.24, 2.45) is 0 Å². The van der Waals surface area contributed by atoms with E-state index in [9.17, 15) is 9.90 Å². The molecule has 17 heavy (non-hydrogen) atoms. The number of hydrogen-bond acceptors (Lipinski definition) is 2. The zero-order valence-electron chi connectivity index (χ0n) is 10.1. The highest BCUT2D eigenvalue weighted by atomic mass is 16.3. The molecule has 1 N–H and O–H groups in total. The van der Waals surface area contributed by atoms with Crippen molar-refractivity contribution in [2.45, 2.75) is 13.3 Å². The second-order valence-corrected chi connectivity index (χ2v) is 4.18. The maximum absolute atomic E-state index is 11.1. The first-order valence-electron chi connectivity index (χ1n) is 5.59. The molecule has 4 heteroatoms. The molecule has 1 amide bonds. The molecule has 0 fully saturated rings. The number of amides is 1. The van der Waals surface area contributed by atoms with Gasteiger partial charge in [0.25, 0.3) is 0 Å². The SMILES string of the molecule is CC(=O)N(C)CCc1ccn2cccc(O)c12.